The lowest BCUT2D eigenvalue weighted by Gasteiger charge is -2.26. The molecule has 6 heteroatoms. The van der Waals surface area contributed by atoms with Crippen LogP contribution in [0.3, 0.4) is 0 Å². The second kappa shape index (κ2) is 11.2. The molecule has 1 fully saturated rings. The Hall–Kier alpha value is -3.25. The number of hydrogen-bond acceptors (Lipinski definition) is 5. The normalized spacial score (nSPS) is 15.2. The smallest absolute Gasteiger partial charge is 0.194 e. The van der Waals surface area contributed by atoms with E-state index < -0.39 is 0 Å². The molecule has 1 N–H and O–H groups in total. The van der Waals surface area contributed by atoms with Gasteiger partial charge in [0, 0.05) is 31.1 Å². The molecule has 1 aliphatic rings. The van der Waals surface area contributed by atoms with Crippen LogP contribution in [0.25, 0.3) is 22.1 Å². The van der Waals surface area contributed by atoms with E-state index in [4.69, 9.17) is 25.5 Å². The molecule has 2 heterocycles. The Morgan fingerprint density at radius 2 is 1.58 bits per heavy atom. The molecular formula is C30H30ClNO4. The van der Waals surface area contributed by atoms with Gasteiger partial charge in [-0.15, -0.1) is 0 Å². The third-order valence-electron chi connectivity index (χ3n) is 6.57. The molecule has 5 rings (SSSR count). The van der Waals surface area contributed by atoms with Crippen LogP contribution in [0.4, 0.5) is 0 Å². The fourth-order valence-electron chi connectivity index (χ4n) is 4.70. The van der Waals surface area contributed by atoms with Crippen LogP contribution in [-0.2, 0) is 4.74 Å². The van der Waals surface area contributed by atoms with Gasteiger partial charge in [-0.3, -0.25) is 4.90 Å². The van der Waals surface area contributed by atoms with Crippen molar-refractivity contribution in [2.75, 3.05) is 39.5 Å². The van der Waals surface area contributed by atoms with Gasteiger partial charge in [0.25, 0.3) is 0 Å². The van der Waals surface area contributed by atoms with Crippen molar-refractivity contribution in [1.29, 1.82) is 0 Å². The molecule has 36 heavy (non-hydrogen) atoms. The van der Waals surface area contributed by atoms with E-state index in [1.54, 1.807) is 12.1 Å². The van der Waals surface area contributed by atoms with Crippen molar-refractivity contribution in [3.05, 3.63) is 94.7 Å². The Morgan fingerprint density at radius 1 is 0.917 bits per heavy atom. The molecule has 0 saturated carbocycles. The minimum atomic E-state index is 0.245. The number of furan rings is 1. The summed E-state index contributed by atoms with van der Waals surface area (Å²) in [6, 6.07) is 23.6. The Kier molecular flexibility index (Phi) is 7.61. The van der Waals surface area contributed by atoms with Crippen LogP contribution in [0.1, 0.15) is 30.0 Å². The molecule has 0 spiro atoms. The van der Waals surface area contributed by atoms with Crippen LogP contribution in [0, 0.1) is 0 Å². The molecular weight excluding hydrogens is 474 g/mol. The fraction of sp³-hybridized carbons (Fsp3) is 0.267. The summed E-state index contributed by atoms with van der Waals surface area (Å²) in [7, 11) is 0. The van der Waals surface area contributed by atoms with E-state index in [1.807, 2.05) is 36.4 Å². The van der Waals surface area contributed by atoms with Crippen LogP contribution in [0.2, 0.25) is 5.22 Å². The maximum absolute atomic E-state index is 9.89. The number of halogens is 1. The zero-order valence-corrected chi connectivity index (χ0v) is 21.1. The number of ether oxygens (including phenoxy) is 2. The summed E-state index contributed by atoms with van der Waals surface area (Å²) >= 11 is 6.09. The van der Waals surface area contributed by atoms with Crippen molar-refractivity contribution in [3.8, 4) is 11.5 Å². The molecule has 0 amide bonds. The van der Waals surface area contributed by atoms with E-state index in [0.29, 0.717) is 11.8 Å². The lowest BCUT2D eigenvalue weighted by atomic mass is 9.88. The number of hydrogen-bond donors (Lipinski definition) is 1. The number of morpholine rings is 1. The quantitative estimate of drug-likeness (QED) is 0.266. The number of aromatic hydroxyl groups is 1. The molecule has 4 aromatic rings. The van der Waals surface area contributed by atoms with Gasteiger partial charge in [-0.1, -0.05) is 37.3 Å². The largest absolute Gasteiger partial charge is 0.508 e. The minimum absolute atomic E-state index is 0.245. The maximum Gasteiger partial charge on any atom is 0.194 e. The van der Waals surface area contributed by atoms with Crippen LogP contribution >= 0.6 is 11.6 Å². The molecule has 0 atom stereocenters. The molecule has 1 aromatic heterocycles. The number of benzene rings is 3. The average molecular weight is 504 g/mol. The molecule has 0 radical (unpaired) electrons. The van der Waals surface area contributed by atoms with Gasteiger partial charge in [0.1, 0.15) is 23.7 Å². The van der Waals surface area contributed by atoms with Crippen LogP contribution in [0.15, 0.2) is 77.2 Å². The third-order valence-corrected chi connectivity index (χ3v) is 6.76. The van der Waals surface area contributed by atoms with E-state index in [0.717, 1.165) is 78.3 Å². The van der Waals surface area contributed by atoms with Gasteiger partial charge in [-0.2, -0.15) is 0 Å². The van der Waals surface area contributed by atoms with Gasteiger partial charge < -0.3 is 19.0 Å². The molecule has 5 nitrogen and oxygen atoms in total. The molecule has 1 aliphatic heterocycles. The molecule has 1 saturated heterocycles. The summed E-state index contributed by atoms with van der Waals surface area (Å²) in [6.45, 7) is 7.20. The predicted octanol–water partition coefficient (Wildman–Crippen LogP) is 6.87. The van der Waals surface area contributed by atoms with Crippen LogP contribution in [0.5, 0.6) is 11.5 Å². The zero-order chi connectivity index (χ0) is 24.9. The van der Waals surface area contributed by atoms with Gasteiger partial charge in [0.2, 0.25) is 0 Å². The SMILES string of the molecule is CCC(=C(c1ccc(O)cc1)c1ccc(OCCN2CCOCC2)cc1)c1ccc2oc(Cl)cc2c1. The Labute approximate surface area is 216 Å². The first kappa shape index (κ1) is 24.4. The van der Waals surface area contributed by atoms with Gasteiger partial charge in [-0.25, -0.2) is 0 Å². The number of phenolic OH excluding ortho intramolecular Hbond substituents is 1. The highest BCUT2D eigenvalue weighted by Gasteiger charge is 2.15. The summed E-state index contributed by atoms with van der Waals surface area (Å²) in [4.78, 5) is 2.36. The molecule has 0 unspecified atom stereocenters. The van der Waals surface area contributed by atoms with Gasteiger partial charge >= 0.3 is 0 Å². The standard InChI is InChI=1S/C30H30ClNO4/c1-2-27(23-7-12-28-24(19-23)20-29(31)36-28)30(21-3-8-25(33)9-4-21)22-5-10-26(11-6-22)35-18-15-32-13-16-34-17-14-32/h3-12,19-20,33H,2,13-18H2,1H3. The molecule has 0 aliphatic carbocycles. The predicted molar refractivity (Wildman–Crippen MR) is 145 cm³/mol. The van der Waals surface area contributed by atoms with Crippen LogP contribution < -0.4 is 4.74 Å². The van der Waals surface area contributed by atoms with Crippen LogP contribution in [-0.4, -0.2) is 49.5 Å². The van der Waals surface area contributed by atoms with E-state index >= 15 is 0 Å². The summed E-state index contributed by atoms with van der Waals surface area (Å²) < 4.78 is 17.0. The van der Waals surface area contributed by atoms with Gasteiger partial charge in [0.15, 0.2) is 5.22 Å². The van der Waals surface area contributed by atoms with E-state index in [9.17, 15) is 5.11 Å². The Morgan fingerprint density at radius 3 is 2.28 bits per heavy atom. The van der Waals surface area contributed by atoms with Crippen molar-refractivity contribution < 1.29 is 19.0 Å². The first-order valence-electron chi connectivity index (χ1n) is 12.4. The zero-order valence-electron chi connectivity index (χ0n) is 20.4. The monoisotopic (exact) mass is 503 g/mol. The number of rotatable bonds is 8. The van der Waals surface area contributed by atoms with Gasteiger partial charge in [0.05, 0.1) is 13.2 Å². The highest BCUT2D eigenvalue weighted by Crippen LogP contribution is 2.37. The Balaban J connectivity index is 1.46. The first-order valence-corrected chi connectivity index (χ1v) is 12.7. The van der Waals surface area contributed by atoms with Crippen molar-refractivity contribution in [3.63, 3.8) is 0 Å². The summed E-state index contributed by atoms with van der Waals surface area (Å²) in [5.74, 6) is 1.10. The maximum atomic E-state index is 9.89. The summed E-state index contributed by atoms with van der Waals surface area (Å²) in [6.07, 6.45) is 0.825. The van der Waals surface area contributed by atoms with Crippen molar-refractivity contribution in [2.24, 2.45) is 0 Å². The number of fused-ring (bicyclic) bond motifs is 1. The van der Waals surface area contributed by atoms with Gasteiger partial charge in [-0.05, 0) is 82.3 Å². The number of phenols is 1. The Bertz CT molecular complexity index is 1340. The highest BCUT2D eigenvalue weighted by atomic mass is 35.5. The van der Waals surface area contributed by atoms with E-state index in [-0.39, 0.29) is 5.75 Å². The number of nitrogens with zero attached hydrogens (tertiary/aromatic N) is 1. The van der Waals surface area contributed by atoms with Crippen molar-refractivity contribution >= 4 is 33.7 Å². The average Bonchev–Trinajstić information content (AvgIpc) is 3.28. The lowest BCUT2D eigenvalue weighted by molar-refractivity contribution is 0.0322. The summed E-state index contributed by atoms with van der Waals surface area (Å²) in [5, 5.41) is 11.2. The van der Waals surface area contributed by atoms with E-state index in [1.165, 1.54) is 5.57 Å². The molecule has 186 valence electrons. The second-order valence-electron chi connectivity index (χ2n) is 8.88. The topological polar surface area (TPSA) is 55.1 Å². The highest BCUT2D eigenvalue weighted by molar-refractivity contribution is 6.29. The van der Waals surface area contributed by atoms with Crippen molar-refractivity contribution in [2.45, 2.75) is 13.3 Å². The molecule has 3 aromatic carbocycles. The second-order valence-corrected chi connectivity index (χ2v) is 9.26. The molecule has 0 bridgehead atoms. The summed E-state index contributed by atoms with van der Waals surface area (Å²) in [5.41, 5.74) is 6.31. The number of allylic oxidation sites excluding steroid dienone is 1. The third kappa shape index (κ3) is 5.59. The van der Waals surface area contributed by atoms with E-state index in [2.05, 4.69) is 36.1 Å². The fourth-order valence-corrected chi connectivity index (χ4v) is 4.90. The lowest BCUT2D eigenvalue weighted by Crippen LogP contribution is -2.38. The van der Waals surface area contributed by atoms with Crippen molar-refractivity contribution in [1.82, 2.24) is 4.90 Å². The first-order chi connectivity index (χ1) is 17.6. The minimum Gasteiger partial charge on any atom is -0.508 e.